The first-order valence-corrected chi connectivity index (χ1v) is 12.2. The van der Waals surface area contributed by atoms with E-state index in [-0.39, 0.29) is 16.7 Å². The maximum atomic E-state index is 13.5. The van der Waals surface area contributed by atoms with Crippen molar-refractivity contribution in [3.63, 3.8) is 0 Å². The van der Waals surface area contributed by atoms with Gasteiger partial charge in [-0.15, -0.1) is 0 Å². The van der Waals surface area contributed by atoms with Gasteiger partial charge in [-0.25, -0.2) is 0 Å². The summed E-state index contributed by atoms with van der Waals surface area (Å²) in [5.74, 6) is -1.21. The van der Waals surface area contributed by atoms with Crippen molar-refractivity contribution in [1.29, 1.82) is 0 Å². The first-order valence-electron chi connectivity index (χ1n) is 12.2. The highest BCUT2D eigenvalue weighted by Crippen LogP contribution is 2.43. The zero-order valence-corrected chi connectivity index (χ0v) is 21.8. The summed E-state index contributed by atoms with van der Waals surface area (Å²) in [6.45, 7) is 10.3. The van der Waals surface area contributed by atoms with Gasteiger partial charge in [0.15, 0.2) is 0 Å². The molecule has 1 N–H and O–H groups in total. The van der Waals surface area contributed by atoms with E-state index in [9.17, 15) is 14.7 Å². The molecule has 36 heavy (non-hydrogen) atoms. The molecule has 1 heterocycles. The summed E-state index contributed by atoms with van der Waals surface area (Å²) in [6, 6.07) is 20.1. The van der Waals surface area contributed by atoms with Gasteiger partial charge in [-0.2, -0.15) is 0 Å². The molecule has 3 aromatic rings. The zero-order chi connectivity index (χ0) is 26.2. The minimum atomic E-state index is -0.776. The SMILES string of the molecule is CCc1ccc(C2/C(=C(\O)c3cc(C)ccc3OC)C(=O)C(=O)N2c2ccc(C(C)(C)C)cc2)cc1. The fourth-order valence-electron chi connectivity index (χ4n) is 4.62. The Morgan fingerprint density at radius 1 is 0.972 bits per heavy atom. The van der Waals surface area contributed by atoms with Crippen LogP contribution in [-0.4, -0.2) is 23.9 Å². The van der Waals surface area contributed by atoms with Crippen LogP contribution in [0.4, 0.5) is 5.69 Å². The third kappa shape index (κ3) is 4.53. The number of ether oxygens (including phenoxy) is 1. The largest absolute Gasteiger partial charge is 0.507 e. The lowest BCUT2D eigenvalue weighted by molar-refractivity contribution is -0.132. The molecule has 1 fully saturated rings. The number of hydrogen-bond acceptors (Lipinski definition) is 4. The lowest BCUT2D eigenvalue weighted by atomic mass is 9.87. The third-order valence-corrected chi connectivity index (χ3v) is 6.77. The first kappa shape index (κ1) is 25.2. The van der Waals surface area contributed by atoms with E-state index in [2.05, 4.69) is 27.7 Å². The summed E-state index contributed by atoms with van der Waals surface area (Å²) < 4.78 is 5.47. The number of rotatable bonds is 5. The van der Waals surface area contributed by atoms with E-state index in [1.165, 1.54) is 12.0 Å². The lowest BCUT2D eigenvalue weighted by Gasteiger charge is -2.27. The average Bonchev–Trinajstić information content (AvgIpc) is 3.13. The molecular formula is C31H33NO4. The molecule has 0 bridgehead atoms. The number of aryl methyl sites for hydroxylation is 2. The molecule has 0 aliphatic carbocycles. The van der Waals surface area contributed by atoms with Crippen LogP contribution >= 0.6 is 0 Å². The number of methoxy groups -OCH3 is 1. The summed E-state index contributed by atoms with van der Waals surface area (Å²) in [6.07, 6.45) is 0.870. The molecule has 1 saturated heterocycles. The smallest absolute Gasteiger partial charge is 0.300 e. The Morgan fingerprint density at radius 3 is 2.17 bits per heavy atom. The number of nitrogens with zero attached hydrogens (tertiary/aromatic N) is 1. The van der Waals surface area contributed by atoms with Gasteiger partial charge in [0, 0.05) is 5.69 Å². The monoisotopic (exact) mass is 483 g/mol. The van der Waals surface area contributed by atoms with Crippen molar-refractivity contribution < 1.29 is 19.4 Å². The van der Waals surface area contributed by atoms with Crippen molar-refractivity contribution in [2.45, 2.75) is 52.5 Å². The summed E-state index contributed by atoms with van der Waals surface area (Å²) in [4.78, 5) is 28.4. The van der Waals surface area contributed by atoms with E-state index in [0.29, 0.717) is 17.0 Å². The van der Waals surface area contributed by atoms with E-state index in [1.54, 1.807) is 12.1 Å². The molecule has 1 unspecified atom stereocenters. The van der Waals surface area contributed by atoms with Crippen molar-refractivity contribution >= 4 is 23.1 Å². The Kier molecular flexibility index (Phi) is 6.77. The van der Waals surface area contributed by atoms with E-state index >= 15 is 0 Å². The lowest BCUT2D eigenvalue weighted by Crippen LogP contribution is -2.29. The van der Waals surface area contributed by atoms with Gasteiger partial charge in [-0.05, 0) is 59.7 Å². The molecule has 1 aliphatic heterocycles. The fourth-order valence-corrected chi connectivity index (χ4v) is 4.62. The molecule has 0 aromatic heterocycles. The molecule has 1 atom stereocenters. The second-order valence-electron chi connectivity index (χ2n) is 10.3. The summed E-state index contributed by atoms with van der Waals surface area (Å²) in [5.41, 5.74) is 4.89. The molecule has 1 aliphatic rings. The van der Waals surface area contributed by atoms with Crippen LogP contribution in [0, 0.1) is 6.92 Å². The number of anilines is 1. The van der Waals surface area contributed by atoms with Crippen molar-refractivity contribution in [2.24, 2.45) is 0 Å². The number of Topliss-reactive ketones (excluding diaryl/α,β-unsaturated/α-hetero) is 1. The molecule has 0 saturated carbocycles. The fraction of sp³-hybridized carbons (Fsp3) is 0.290. The average molecular weight is 484 g/mol. The Hall–Kier alpha value is -3.86. The normalized spacial score (nSPS) is 17.5. The molecule has 0 spiro atoms. The minimum Gasteiger partial charge on any atom is -0.507 e. The Labute approximate surface area is 213 Å². The van der Waals surface area contributed by atoms with Crippen LogP contribution in [0.5, 0.6) is 5.75 Å². The van der Waals surface area contributed by atoms with Crippen molar-refractivity contribution in [3.8, 4) is 5.75 Å². The van der Waals surface area contributed by atoms with Crippen LogP contribution in [0.15, 0.2) is 72.3 Å². The van der Waals surface area contributed by atoms with E-state index in [0.717, 1.165) is 28.7 Å². The van der Waals surface area contributed by atoms with Gasteiger partial charge in [0.1, 0.15) is 11.5 Å². The molecule has 0 radical (unpaired) electrons. The molecular weight excluding hydrogens is 450 g/mol. The van der Waals surface area contributed by atoms with Crippen molar-refractivity contribution in [1.82, 2.24) is 0 Å². The van der Waals surface area contributed by atoms with Crippen molar-refractivity contribution in [2.75, 3.05) is 12.0 Å². The van der Waals surface area contributed by atoms with Gasteiger partial charge in [-0.3, -0.25) is 14.5 Å². The topological polar surface area (TPSA) is 66.8 Å². The number of benzene rings is 3. The summed E-state index contributed by atoms with van der Waals surface area (Å²) in [5, 5.41) is 11.5. The van der Waals surface area contributed by atoms with E-state index < -0.39 is 17.7 Å². The number of aliphatic hydroxyl groups is 1. The third-order valence-electron chi connectivity index (χ3n) is 6.77. The number of carbonyl (C=O) groups excluding carboxylic acids is 2. The van der Waals surface area contributed by atoms with Gasteiger partial charge in [0.05, 0.1) is 24.3 Å². The Morgan fingerprint density at radius 2 is 1.61 bits per heavy atom. The summed E-state index contributed by atoms with van der Waals surface area (Å²) in [7, 11) is 1.51. The predicted octanol–water partition coefficient (Wildman–Crippen LogP) is 6.49. The number of carbonyl (C=O) groups is 2. The molecule has 3 aromatic carbocycles. The first-order chi connectivity index (χ1) is 17.1. The van der Waals surface area contributed by atoms with Crippen LogP contribution in [0.2, 0.25) is 0 Å². The second kappa shape index (κ2) is 9.65. The highest BCUT2D eigenvalue weighted by molar-refractivity contribution is 6.51. The Bertz CT molecular complexity index is 1330. The highest BCUT2D eigenvalue weighted by Gasteiger charge is 2.47. The van der Waals surface area contributed by atoms with Crippen molar-refractivity contribution in [3.05, 3.63) is 100 Å². The number of amides is 1. The molecule has 186 valence electrons. The van der Waals surface area contributed by atoms with Crippen LogP contribution in [-0.2, 0) is 21.4 Å². The van der Waals surface area contributed by atoms with Gasteiger partial charge in [0.25, 0.3) is 11.7 Å². The predicted molar refractivity (Wildman–Crippen MR) is 143 cm³/mol. The number of aliphatic hydroxyl groups excluding tert-OH is 1. The van der Waals surface area contributed by atoms with Gasteiger partial charge >= 0.3 is 0 Å². The number of hydrogen-bond donors (Lipinski definition) is 1. The van der Waals surface area contributed by atoms with Gasteiger partial charge < -0.3 is 9.84 Å². The zero-order valence-electron chi connectivity index (χ0n) is 21.8. The standard InChI is InChI=1S/C31H33NO4/c1-7-20-9-11-21(12-10-20)27-26(28(33)24-18-19(2)8-17-25(24)36-6)29(34)30(35)32(27)23-15-13-22(14-16-23)31(3,4)5/h8-18,27,33H,7H2,1-6H3/b28-26+. The molecule has 5 heteroatoms. The quantitative estimate of drug-likeness (QED) is 0.256. The minimum absolute atomic E-state index is 0.0491. The molecule has 1 amide bonds. The van der Waals surface area contributed by atoms with E-state index in [4.69, 9.17) is 4.74 Å². The van der Waals surface area contributed by atoms with Crippen LogP contribution in [0.1, 0.15) is 61.6 Å². The molecule has 4 rings (SSSR count). The van der Waals surface area contributed by atoms with Gasteiger partial charge in [-0.1, -0.05) is 75.7 Å². The highest BCUT2D eigenvalue weighted by atomic mass is 16.5. The van der Waals surface area contributed by atoms with Gasteiger partial charge in [0.2, 0.25) is 0 Å². The summed E-state index contributed by atoms with van der Waals surface area (Å²) >= 11 is 0. The van der Waals surface area contributed by atoms with Crippen LogP contribution in [0.3, 0.4) is 0 Å². The molecule has 5 nitrogen and oxygen atoms in total. The van der Waals surface area contributed by atoms with Crippen LogP contribution < -0.4 is 9.64 Å². The second-order valence-corrected chi connectivity index (χ2v) is 10.3. The van der Waals surface area contributed by atoms with Crippen LogP contribution in [0.25, 0.3) is 5.76 Å². The Balaban J connectivity index is 1.94. The maximum Gasteiger partial charge on any atom is 0.300 e. The van der Waals surface area contributed by atoms with E-state index in [1.807, 2.05) is 61.5 Å². The number of ketones is 1. The maximum absolute atomic E-state index is 13.5.